The van der Waals surface area contributed by atoms with Crippen molar-refractivity contribution >= 4 is 40.3 Å². The van der Waals surface area contributed by atoms with E-state index in [0.717, 1.165) is 25.7 Å². The molecule has 1 atom stereocenters. The predicted molar refractivity (Wildman–Crippen MR) is 83.8 cm³/mol. The Labute approximate surface area is 132 Å². The fourth-order valence-corrected chi connectivity index (χ4v) is 2.77. The average molecular weight is 356 g/mol. The van der Waals surface area contributed by atoms with Gasteiger partial charge < -0.3 is 0 Å². The molecule has 2 aromatic rings. The average Bonchev–Trinajstić information content (AvgIpc) is 2.91. The van der Waals surface area contributed by atoms with Gasteiger partial charge in [-0.25, -0.2) is 8.78 Å². The number of rotatable bonds is 6. The second-order valence-electron chi connectivity index (χ2n) is 5.22. The van der Waals surface area contributed by atoms with E-state index < -0.39 is 11.6 Å². The molecule has 0 N–H and O–H groups in total. The van der Waals surface area contributed by atoms with E-state index >= 15 is 0 Å². The lowest BCUT2D eigenvalue weighted by Crippen LogP contribution is -2.15. The number of unbranched alkanes of at least 4 members (excludes halogenated alkanes) is 1. The van der Waals surface area contributed by atoms with Gasteiger partial charge in [0.25, 0.3) is 0 Å². The molecule has 0 spiro atoms. The van der Waals surface area contributed by atoms with E-state index in [-0.39, 0.29) is 21.0 Å². The van der Waals surface area contributed by atoms with E-state index in [1.54, 1.807) is 0 Å². The Hall–Kier alpha value is -0.975. The second-order valence-corrected chi connectivity index (χ2v) is 6.02. The van der Waals surface area contributed by atoms with Crippen LogP contribution in [0.4, 0.5) is 8.78 Å². The molecule has 2 radical (unpaired) electrons. The summed E-state index contributed by atoms with van der Waals surface area (Å²) in [6, 6.07) is 0. The number of halogens is 3. The maximum Gasteiger partial charge on any atom is 0.174 e. The van der Waals surface area contributed by atoms with Crippen LogP contribution >= 0.6 is 15.9 Å². The van der Waals surface area contributed by atoms with Crippen LogP contribution < -0.4 is 5.46 Å². The van der Waals surface area contributed by atoms with Crippen molar-refractivity contribution in [1.82, 2.24) is 15.0 Å². The summed E-state index contributed by atoms with van der Waals surface area (Å²) in [5.41, 5.74) is 0.168. The molecule has 0 amide bonds. The minimum atomic E-state index is -1.08. The van der Waals surface area contributed by atoms with E-state index in [9.17, 15) is 8.78 Å². The van der Waals surface area contributed by atoms with Crippen LogP contribution in [0.1, 0.15) is 39.5 Å². The highest BCUT2D eigenvalue weighted by molar-refractivity contribution is 9.10. The topological polar surface area (TPSA) is 30.7 Å². The molecule has 0 saturated heterocycles. The third kappa shape index (κ3) is 3.28. The van der Waals surface area contributed by atoms with Gasteiger partial charge in [0.2, 0.25) is 0 Å². The predicted octanol–water partition coefficient (Wildman–Crippen LogP) is 3.48. The van der Waals surface area contributed by atoms with Crippen molar-refractivity contribution < 1.29 is 8.78 Å². The highest BCUT2D eigenvalue weighted by atomic mass is 79.9. The first kappa shape index (κ1) is 16.4. The van der Waals surface area contributed by atoms with Gasteiger partial charge in [-0.15, -0.1) is 0 Å². The zero-order valence-corrected chi connectivity index (χ0v) is 13.8. The summed E-state index contributed by atoms with van der Waals surface area (Å²) in [7, 11) is 5.59. The highest BCUT2D eigenvalue weighted by Crippen LogP contribution is 2.25. The van der Waals surface area contributed by atoms with E-state index in [0.29, 0.717) is 12.5 Å². The van der Waals surface area contributed by atoms with Crippen LogP contribution in [0, 0.1) is 17.6 Å². The lowest BCUT2D eigenvalue weighted by molar-refractivity contribution is 0.351. The molecule has 0 aliphatic rings. The quantitative estimate of drug-likeness (QED) is 0.586. The van der Waals surface area contributed by atoms with Crippen LogP contribution in [-0.2, 0) is 6.54 Å². The van der Waals surface area contributed by atoms with E-state index in [4.69, 9.17) is 7.85 Å². The first-order valence-electron chi connectivity index (χ1n) is 7.16. The number of hydrogen-bond donors (Lipinski definition) is 0. The Balaban J connectivity index is 2.35. The molecule has 2 rings (SSSR count). The normalized spacial score (nSPS) is 13.0. The van der Waals surface area contributed by atoms with Crippen LogP contribution in [0.15, 0.2) is 4.47 Å². The smallest absolute Gasteiger partial charge is 0.174 e. The largest absolute Gasteiger partial charge is 0.204 e. The van der Waals surface area contributed by atoms with Crippen LogP contribution in [-0.4, -0.2) is 22.8 Å². The highest BCUT2D eigenvalue weighted by Gasteiger charge is 2.20. The third-order valence-electron chi connectivity index (χ3n) is 3.70. The lowest BCUT2D eigenvalue weighted by atomic mass is 9.94. The van der Waals surface area contributed by atoms with Gasteiger partial charge in [0, 0.05) is 0 Å². The van der Waals surface area contributed by atoms with Gasteiger partial charge in [-0.1, -0.05) is 33.1 Å². The fourth-order valence-electron chi connectivity index (χ4n) is 2.33. The SMILES string of the molecule is [B]c1c(F)c(F)c(Br)c2nn(CC(CC)CCCC)nc12. The van der Waals surface area contributed by atoms with Crippen LogP contribution in [0.5, 0.6) is 0 Å². The molecule has 1 aromatic carbocycles. The van der Waals surface area contributed by atoms with Gasteiger partial charge in [0.05, 0.1) is 11.0 Å². The van der Waals surface area contributed by atoms with E-state index in [2.05, 4.69) is 40.0 Å². The number of hydrogen-bond acceptors (Lipinski definition) is 2. The van der Waals surface area contributed by atoms with Crippen molar-refractivity contribution in [3.8, 4) is 0 Å². The Morgan fingerprint density at radius 3 is 2.48 bits per heavy atom. The van der Waals surface area contributed by atoms with Crippen molar-refractivity contribution in [3.05, 3.63) is 16.1 Å². The second kappa shape index (κ2) is 6.86. The van der Waals surface area contributed by atoms with Crippen molar-refractivity contribution in [2.75, 3.05) is 0 Å². The maximum absolute atomic E-state index is 13.6. The molecule has 21 heavy (non-hydrogen) atoms. The Bertz CT molecular complexity index is 600. The number of aromatic nitrogens is 3. The van der Waals surface area contributed by atoms with Crippen molar-refractivity contribution in [2.45, 2.75) is 46.1 Å². The molecule has 7 heteroatoms. The van der Waals surface area contributed by atoms with Gasteiger partial charge >= 0.3 is 0 Å². The van der Waals surface area contributed by atoms with Crippen molar-refractivity contribution in [1.29, 1.82) is 0 Å². The van der Waals surface area contributed by atoms with Crippen molar-refractivity contribution in [3.63, 3.8) is 0 Å². The summed E-state index contributed by atoms with van der Waals surface area (Å²) in [5.74, 6) is -1.66. The zero-order chi connectivity index (χ0) is 15.6. The molecule has 1 unspecified atom stereocenters. The van der Waals surface area contributed by atoms with Gasteiger partial charge in [-0.3, -0.25) is 0 Å². The summed E-state index contributed by atoms with van der Waals surface area (Å²) < 4.78 is 27.2. The molecule has 1 aromatic heterocycles. The Kier molecular flexibility index (Phi) is 5.35. The summed E-state index contributed by atoms with van der Waals surface area (Å²) in [5, 5.41) is 8.46. The van der Waals surface area contributed by atoms with Crippen molar-refractivity contribution in [2.24, 2.45) is 5.92 Å². The summed E-state index contributed by atoms with van der Waals surface area (Å²) >= 11 is 3.02. The van der Waals surface area contributed by atoms with Crippen LogP contribution in [0.25, 0.3) is 11.0 Å². The van der Waals surface area contributed by atoms with Gasteiger partial charge in [-0.05, 0) is 33.7 Å². The molecule has 0 aliphatic carbocycles. The molecule has 112 valence electrons. The van der Waals surface area contributed by atoms with E-state index in [1.807, 2.05) is 0 Å². The molecule has 3 nitrogen and oxygen atoms in total. The molecule has 0 fully saturated rings. The fraction of sp³-hybridized carbons (Fsp3) is 0.571. The Morgan fingerprint density at radius 2 is 1.86 bits per heavy atom. The zero-order valence-electron chi connectivity index (χ0n) is 12.2. The Morgan fingerprint density at radius 1 is 1.19 bits per heavy atom. The van der Waals surface area contributed by atoms with Gasteiger partial charge in [0.1, 0.15) is 18.9 Å². The minimum absolute atomic E-state index is 0.0305. The van der Waals surface area contributed by atoms with Crippen LogP contribution in [0.3, 0.4) is 0 Å². The minimum Gasteiger partial charge on any atom is -0.204 e. The third-order valence-corrected chi connectivity index (χ3v) is 4.43. The number of nitrogens with zero attached hydrogens (tertiary/aromatic N) is 3. The van der Waals surface area contributed by atoms with Gasteiger partial charge in [-0.2, -0.15) is 15.0 Å². The van der Waals surface area contributed by atoms with Crippen LogP contribution in [0.2, 0.25) is 0 Å². The van der Waals surface area contributed by atoms with E-state index in [1.165, 1.54) is 4.80 Å². The standard InChI is InChI=1S/C14H17BBrF2N3/c1-3-5-6-8(4-2)7-21-19-13-9(15)11(17)12(18)10(16)14(13)20-21/h8H,3-7H2,1-2H3. The first-order valence-corrected chi connectivity index (χ1v) is 7.95. The first-order chi connectivity index (χ1) is 9.99. The number of benzene rings is 1. The molecule has 0 aliphatic heterocycles. The number of fused-ring (bicyclic) bond motifs is 1. The molecule has 0 bridgehead atoms. The molecular formula is C14H17BBrF2N3. The van der Waals surface area contributed by atoms with Gasteiger partial charge in [0.15, 0.2) is 11.6 Å². The molecule has 1 heterocycles. The summed E-state index contributed by atoms with van der Waals surface area (Å²) in [4.78, 5) is 1.49. The lowest BCUT2D eigenvalue weighted by Gasteiger charge is -2.12. The monoisotopic (exact) mass is 355 g/mol. The summed E-state index contributed by atoms with van der Waals surface area (Å²) in [6.45, 7) is 4.89. The maximum atomic E-state index is 13.6. The summed E-state index contributed by atoms with van der Waals surface area (Å²) in [6.07, 6.45) is 4.38. The molecular weight excluding hydrogens is 339 g/mol. The molecule has 0 saturated carbocycles.